The molecule has 5 atom stereocenters. The van der Waals surface area contributed by atoms with E-state index in [0.29, 0.717) is 6.42 Å². The van der Waals surface area contributed by atoms with Gasteiger partial charge in [-0.25, -0.2) is 0 Å². The summed E-state index contributed by atoms with van der Waals surface area (Å²) in [5.41, 5.74) is 0. The lowest BCUT2D eigenvalue weighted by Crippen LogP contribution is -2.39. The predicted molar refractivity (Wildman–Crippen MR) is 65.9 cm³/mol. The van der Waals surface area contributed by atoms with E-state index < -0.39 is 42.5 Å². The minimum absolute atomic E-state index is 0.0259. The molecule has 0 radical (unpaired) electrons. The van der Waals surface area contributed by atoms with E-state index in [1.54, 1.807) is 0 Å². The predicted octanol–water partition coefficient (Wildman–Crippen LogP) is -0.0733. The standard InChI is InChI=1S/C13H18O8/c1-6(14)17-5-10-13(19-8(3)16)12-9(20-10)4-11(21-12)18-7(2)15/h9-13H,4-5H2,1-3H3/t9-,10-,11?,12+,13-/m1/s1. The minimum atomic E-state index is -0.717. The molecule has 0 aromatic heterocycles. The van der Waals surface area contributed by atoms with Gasteiger partial charge >= 0.3 is 17.9 Å². The van der Waals surface area contributed by atoms with Gasteiger partial charge in [0.25, 0.3) is 0 Å². The normalized spacial score (nSPS) is 34.1. The van der Waals surface area contributed by atoms with E-state index in [1.165, 1.54) is 20.8 Å². The molecular formula is C13H18O8. The Bertz CT molecular complexity index is 434. The first kappa shape index (κ1) is 15.7. The monoisotopic (exact) mass is 302 g/mol. The summed E-state index contributed by atoms with van der Waals surface area (Å²) in [6.07, 6.45) is -2.58. The van der Waals surface area contributed by atoms with Crippen molar-refractivity contribution in [3.63, 3.8) is 0 Å². The molecule has 1 unspecified atom stereocenters. The molecule has 21 heavy (non-hydrogen) atoms. The van der Waals surface area contributed by atoms with Gasteiger partial charge in [0.1, 0.15) is 18.8 Å². The van der Waals surface area contributed by atoms with Crippen molar-refractivity contribution in [3.05, 3.63) is 0 Å². The van der Waals surface area contributed by atoms with E-state index in [2.05, 4.69) is 0 Å². The third-order valence-corrected chi connectivity index (χ3v) is 3.19. The fraction of sp³-hybridized carbons (Fsp3) is 0.769. The molecule has 0 aromatic rings. The van der Waals surface area contributed by atoms with Crippen LogP contribution < -0.4 is 0 Å². The molecule has 118 valence electrons. The summed E-state index contributed by atoms with van der Waals surface area (Å²) in [4.78, 5) is 33.0. The number of fused-ring (bicyclic) bond motifs is 1. The van der Waals surface area contributed by atoms with Gasteiger partial charge < -0.3 is 23.7 Å². The van der Waals surface area contributed by atoms with Gasteiger partial charge in [-0.15, -0.1) is 0 Å². The number of ether oxygens (including phenoxy) is 5. The Morgan fingerprint density at radius 2 is 1.67 bits per heavy atom. The van der Waals surface area contributed by atoms with Gasteiger partial charge in [0.2, 0.25) is 6.29 Å². The number of rotatable bonds is 4. The average Bonchev–Trinajstić information content (AvgIpc) is 2.84. The fourth-order valence-electron chi connectivity index (χ4n) is 2.51. The molecule has 0 aromatic carbocycles. The summed E-state index contributed by atoms with van der Waals surface area (Å²) in [5.74, 6) is -1.40. The molecule has 8 nitrogen and oxygen atoms in total. The Morgan fingerprint density at radius 3 is 2.24 bits per heavy atom. The van der Waals surface area contributed by atoms with Gasteiger partial charge in [-0.2, -0.15) is 0 Å². The van der Waals surface area contributed by atoms with Crippen LogP contribution in [0, 0.1) is 0 Å². The van der Waals surface area contributed by atoms with Crippen molar-refractivity contribution >= 4 is 17.9 Å². The topological polar surface area (TPSA) is 97.4 Å². The summed E-state index contributed by atoms with van der Waals surface area (Å²) in [6.45, 7) is 3.81. The summed E-state index contributed by atoms with van der Waals surface area (Å²) >= 11 is 0. The van der Waals surface area contributed by atoms with Crippen LogP contribution in [0.15, 0.2) is 0 Å². The quantitative estimate of drug-likeness (QED) is 0.525. The zero-order valence-corrected chi connectivity index (χ0v) is 12.1. The first-order valence-corrected chi connectivity index (χ1v) is 6.65. The first-order valence-electron chi connectivity index (χ1n) is 6.65. The van der Waals surface area contributed by atoms with Crippen LogP contribution in [-0.4, -0.2) is 55.2 Å². The Morgan fingerprint density at radius 1 is 1.00 bits per heavy atom. The molecule has 0 saturated carbocycles. The molecule has 0 aliphatic carbocycles. The van der Waals surface area contributed by atoms with Crippen LogP contribution in [0.1, 0.15) is 27.2 Å². The maximum atomic E-state index is 11.2. The zero-order chi connectivity index (χ0) is 15.6. The number of esters is 3. The van der Waals surface area contributed by atoms with Crippen molar-refractivity contribution in [2.45, 2.75) is 57.9 Å². The van der Waals surface area contributed by atoms with Crippen molar-refractivity contribution in [2.75, 3.05) is 6.61 Å². The largest absolute Gasteiger partial charge is 0.463 e. The highest BCUT2D eigenvalue weighted by Gasteiger charge is 2.54. The van der Waals surface area contributed by atoms with Crippen molar-refractivity contribution in [1.29, 1.82) is 0 Å². The molecule has 2 heterocycles. The lowest BCUT2D eigenvalue weighted by Gasteiger charge is -2.23. The molecule has 2 saturated heterocycles. The van der Waals surface area contributed by atoms with E-state index in [0.717, 1.165) is 0 Å². The first-order chi connectivity index (χ1) is 9.86. The Hall–Kier alpha value is -1.67. The third-order valence-electron chi connectivity index (χ3n) is 3.19. The zero-order valence-electron chi connectivity index (χ0n) is 12.1. The molecular weight excluding hydrogens is 284 g/mol. The smallest absolute Gasteiger partial charge is 0.304 e. The maximum absolute atomic E-state index is 11.2. The van der Waals surface area contributed by atoms with E-state index in [4.69, 9.17) is 23.7 Å². The van der Waals surface area contributed by atoms with Gasteiger partial charge in [-0.05, 0) is 0 Å². The van der Waals surface area contributed by atoms with Gasteiger partial charge in [0.05, 0.1) is 6.10 Å². The summed E-state index contributed by atoms with van der Waals surface area (Å²) in [7, 11) is 0. The number of hydrogen-bond acceptors (Lipinski definition) is 8. The van der Waals surface area contributed by atoms with Crippen molar-refractivity contribution in [1.82, 2.24) is 0 Å². The van der Waals surface area contributed by atoms with E-state index >= 15 is 0 Å². The second-order valence-electron chi connectivity index (χ2n) is 4.97. The second kappa shape index (κ2) is 6.40. The van der Waals surface area contributed by atoms with Crippen LogP contribution in [-0.2, 0) is 38.1 Å². The summed E-state index contributed by atoms with van der Waals surface area (Å²) in [5, 5.41) is 0. The average molecular weight is 302 g/mol. The molecule has 0 amide bonds. The molecule has 2 aliphatic heterocycles. The van der Waals surface area contributed by atoms with Crippen molar-refractivity contribution in [3.8, 4) is 0 Å². The van der Waals surface area contributed by atoms with Crippen LogP contribution in [0.3, 0.4) is 0 Å². The van der Waals surface area contributed by atoms with Gasteiger partial charge in [-0.1, -0.05) is 0 Å². The van der Waals surface area contributed by atoms with E-state index in [9.17, 15) is 14.4 Å². The molecule has 0 N–H and O–H groups in total. The number of carbonyl (C=O) groups is 3. The highest BCUT2D eigenvalue weighted by Crippen LogP contribution is 2.36. The SMILES string of the molecule is CC(=O)OC[C@H]1O[C@@H]2CC(OC(C)=O)O[C@@H]2[C@@H]1OC(C)=O. The molecule has 8 heteroatoms. The van der Waals surface area contributed by atoms with E-state index in [1.807, 2.05) is 0 Å². The second-order valence-corrected chi connectivity index (χ2v) is 4.97. The highest BCUT2D eigenvalue weighted by molar-refractivity contribution is 5.67. The molecule has 2 aliphatic rings. The number of hydrogen-bond donors (Lipinski definition) is 0. The van der Waals surface area contributed by atoms with Crippen LogP contribution in [0.25, 0.3) is 0 Å². The lowest BCUT2D eigenvalue weighted by atomic mass is 10.1. The van der Waals surface area contributed by atoms with Crippen molar-refractivity contribution in [2.24, 2.45) is 0 Å². The van der Waals surface area contributed by atoms with Crippen LogP contribution in [0.5, 0.6) is 0 Å². The lowest BCUT2D eigenvalue weighted by molar-refractivity contribution is -0.188. The Kier molecular flexibility index (Phi) is 4.79. The molecule has 0 bridgehead atoms. The van der Waals surface area contributed by atoms with Gasteiger partial charge in [0.15, 0.2) is 6.10 Å². The third kappa shape index (κ3) is 3.92. The van der Waals surface area contributed by atoms with Crippen molar-refractivity contribution < 1.29 is 38.1 Å². The maximum Gasteiger partial charge on any atom is 0.304 e. The van der Waals surface area contributed by atoms with E-state index in [-0.39, 0.29) is 12.7 Å². The van der Waals surface area contributed by atoms with Crippen LogP contribution >= 0.6 is 0 Å². The molecule has 2 fully saturated rings. The molecule has 2 rings (SSSR count). The minimum Gasteiger partial charge on any atom is -0.463 e. The Balaban J connectivity index is 2.00. The fourth-order valence-corrected chi connectivity index (χ4v) is 2.51. The highest BCUT2D eigenvalue weighted by atomic mass is 16.7. The summed E-state index contributed by atoms with van der Waals surface area (Å²) in [6, 6.07) is 0. The Labute approximate surface area is 121 Å². The summed E-state index contributed by atoms with van der Waals surface area (Å²) < 4.78 is 26.3. The number of carbonyl (C=O) groups excluding carboxylic acids is 3. The van der Waals surface area contributed by atoms with Crippen LogP contribution in [0.4, 0.5) is 0 Å². The van der Waals surface area contributed by atoms with Gasteiger partial charge in [0, 0.05) is 27.2 Å². The molecule has 0 spiro atoms. The van der Waals surface area contributed by atoms with Gasteiger partial charge in [-0.3, -0.25) is 14.4 Å². The van der Waals surface area contributed by atoms with Crippen LogP contribution in [0.2, 0.25) is 0 Å².